The van der Waals surface area contributed by atoms with Crippen molar-refractivity contribution in [1.82, 2.24) is 0 Å². The van der Waals surface area contributed by atoms with Crippen LogP contribution >= 0.6 is 0 Å². The highest BCUT2D eigenvalue weighted by Crippen LogP contribution is 2.61. The quantitative estimate of drug-likeness (QED) is 0.648. The Morgan fingerprint density at radius 1 is 1.09 bits per heavy atom. The molecule has 2 heteroatoms. The van der Waals surface area contributed by atoms with Crippen molar-refractivity contribution in [3.05, 3.63) is 34.9 Å². The first-order valence-corrected chi connectivity index (χ1v) is 8.57. The lowest BCUT2D eigenvalue weighted by atomic mass is 10.0. The standard InChI is InChI=1S/C20H30O2/c1-14-7-5-8-15(2)11-12-17-18(20(17,3)4)13-16(19(21)22)10-6-9-14/h8-9,13,17-18H,5-7,10-12H2,1-4H3,(H,21,22)/b14-9-,15-8+,16-13-/t17-,18-/m1/s1. The van der Waals surface area contributed by atoms with Crippen molar-refractivity contribution < 1.29 is 9.90 Å². The first-order chi connectivity index (χ1) is 10.3. The zero-order valence-corrected chi connectivity index (χ0v) is 14.5. The van der Waals surface area contributed by atoms with Crippen molar-refractivity contribution in [2.45, 2.75) is 66.2 Å². The normalized spacial score (nSPS) is 36.5. The molecular formula is C20H30O2. The van der Waals surface area contributed by atoms with E-state index in [0.29, 0.717) is 23.8 Å². The molecule has 2 nitrogen and oxygen atoms in total. The van der Waals surface area contributed by atoms with E-state index in [-0.39, 0.29) is 5.41 Å². The Balaban J connectivity index is 2.19. The van der Waals surface area contributed by atoms with Gasteiger partial charge in [-0.3, -0.25) is 0 Å². The average molecular weight is 302 g/mol. The van der Waals surface area contributed by atoms with Crippen LogP contribution in [0.15, 0.2) is 34.9 Å². The molecule has 0 aromatic rings. The van der Waals surface area contributed by atoms with Gasteiger partial charge in [-0.25, -0.2) is 4.79 Å². The first-order valence-electron chi connectivity index (χ1n) is 8.57. The summed E-state index contributed by atoms with van der Waals surface area (Å²) in [6.07, 6.45) is 12.6. The van der Waals surface area contributed by atoms with Crippen LogP contribution in [0.3, 0.4) is 0 Å². The van der Waals surface area contributed by atoms with Crippen molar-refractivity contribution >= 4 is 5.97 Å². The van der Waals surface area contributed by atoms with Gasteiger partial charge in [0.1, 0.15) is 0 Å². The minimum absolute atomic E-state index is 0.257. The summed E-state index contributed by atoms with van der Waals surface area (Å²) in [5.74, 6) is 0.320. The van der Waals surface area contributed by atoms with Crippen LogP contribution in [-0.2, 0) is 4.79 Å². The molecular weight excluding hydrogens is 272 g/mol. The number of carboxylic acid groups (broad SMARTS) is 1. The number of carbonyl (C=O) groups is 1. The Kier molecular flexibility index (Phi) is 5.31. The lowest BCUT2D eigenvalue weighted by molar-refractivity contribution is -0.132. The fourth-order valence-electron chi connectivity index (χ4n) is 3.75. The molecule has 2 atom stereocenters. The summed E-state index contributed by atoms with van der Waals surface area (Å²) in [5, 5.41) is 9.46. The van der Waals surface area contributed by atoms with Crippen molar-refractivity contribution in [2.24, 2.45) is 17.3 Å². The largest absolute Gasteiger partial charge is 0.478 e. The molecule has 0 heterocycles. The minimum Gasteiger partial charge on any atom is -0.478 e. The van der Waals surface area contributed by atoms with E-state index in [2.05, 4.69) is 45.9 Å². The maximum Gasteiger partial charge on any atom is 0.331 e. The van der Waals surface area contributed by atoms with E-state index in [1.54, 1.807) is 0 Å². The third kappa shape index (κ3) is 4.12. The molecule has 2 aliphatic rings. The average Bonchev–Trinajstić information content (AvgIpc) is 2.94. The van der Waals surface area contributed by atoms with Crippen LogP contribution in [0.1, 0.15) is 66.2 Å². The lowest BCUT2D eigenvalue weighted by Crippen LogP contribution is -2.02. The van der Waals surface area contributed by atoms with Gasteiger partial charge >= 0.3 is 5.97 Å². The molecule has 0 bridgehead atoms. The summed E-state index contributed by atoms with van der Waals surface area (Å²) in [6.45, 7) is 8.94. The minimum atomic E-state index is -0.740. The second-order valence-electron chi connectivity index (χ2n) is 7.67. The maximum absolute atomic E-state index is 11.5. The molecule has 0 aromatic heterocycles. The van der Waals surface area contributed by atoms with Gasteiger partial charge in [0.05, 0.1) is 0 Å². The SMILES string of the molecule is C/C1=C/CC/C(C(=O)O)=C/[C@@H]2[C@@H](CC/C(C)=C/CC1)C2(C)C. The third-order valence-electron chi connectivity index (χ3n) is 5.58. The zero-order valence-electron chi connectivity index (χ0n) is 14.5. The van der Waals surface area contributed by atoms with Crippen molar-refractivity contribution in [1.29, 1.82) is 0 Å². The number of hydrogen-bond donors (Lipinski definition) is 1. The second kappa shape index (κ2) is 6.85. The molecule has 22 heavy (non-hydrogen) atoms. The number of allylic oxidation sites excluding steroid dienone is 5. The number of rotatable bonds is 1. The van der Waals surface area contributed by atoms with Crippen LogP contribution in [0, 0.1) is 17.3 Å². The Morgan fingerprint density at radius 3 is 2.32 bits per heavy atom. The van der Waals surface area contributed by atoms with Gasteiger partial charge in [-0.2, -0.15) is 0 Å². The van der Waals surface area contributed by atoms with Gasteiger partial charge in [-0.05, 0) is 69.6 Å². The Labute approximate surface area is 135 Å². The summed E-state index contributed by atoms with van der Waals surface area (Å²) in [7, 11) is 0. The van der Waals surface area contributed by atoms with E-state index >= 15 is 0 Å². The first kappa shape index (κ1) is 17.1. The summed E-state index contributed by atoms with van der Waals surface area (Å²) in [4.78, 5) is 11.5. The monoisotopic (exact) mass is 302 g/mol. The third-order valence-corrected chi connectivity index (χ3v) is 5.58. The van der Waals surface area contributed by atoms with E-state index in [1.165, 1.54) is 17.6 Å². The van der Waals surface area contributed by atoms with E-state index < -0.39 is 5.97 Å². The molecule has 1 saturated carbocycles. The van der Waals surface area contributed by atoms with Crippen LogP contribution in [-0.4, -0.2) is 11.1 Å². The van der Waals surface area contributed by atoms with Crippen molar-refractivity contribution in [3.8, 4) is 0 Å². The maximum atomic E-state index is 11.5. The van der Waals surface area contributed by atoms with E-state index in [1.807, 2.05) is 0 Å². The van der Waals surface area contributed by atoms with Gasteiger partial charge in [-0.1, -0.05) is 43.2 Å². The van der Waals surface area contributed by atoms with E-state index in [0.717, 1.165) is 25.7 Å². The van der Waals surface area contributed by atoms with Crippen LogP contribution in [0.25, 0.3) is 0 Å². The van der Waals surface area contributed by atoms with Crippen LogP contribution in [0.5, 0.6) is 0 Å². The molecule has 0 saturated heterocycles. The van der Waals surface area contributed by atoms with Gasteiger partial charge in [0.15, 0.2) is 0 Å². The lowest BCUT2D eigenvalue weighted by Gasteiger charge is -2.05. The number of carboxylic acids is 1. The highest BCUT2D eigenvalue weighted by atomic mass is 16.4. The van der Waals surface area contributed by atoms with Crippen LogP contribution < -0.4 is 0 Å². The number of fused-ring (bicyclic) bond motifs is 1. The predicted octanol–water partition coefficient (Wildman–Crippen LogP) is 5.52. The molecule has 2 aliphatic carbocycles. The zero-order chi connectivity index (χ0) is 16.3. The van der Waals surface area contributed by atoms with Crippen LogP contribution in [0.2, 0.25) is 0 Å². The summed E-state index contributed by atoms with van der Waals surface area (Å²) in [5.41, 5.74) is 3.71. The number of hydrogen-bond acceptors (Lipinski definition) is 1. The van der Waals surface area contributed by atoms with E-state index in [4.69, 9.17) is 0 Å². The topological polar surface area (TPSA) is 37.3 Å². The second-order valence-corrected chi connectivity index (χ2v) is 7.67. The Bertz CT molecular complexity index is 520. The fraction of sp³-hybridized carbons (Fsp3) is 0.650. The van der Waals surface area contributed by atoms with Gasteiger partial charge < -0.3 is 5.11 Å². The smallest absolute Gasteiger partial charge is 0.331 e. The Morgan fingerprint density at radius 2 is 1.68 bits per heavy atom. The van der Waals surface area contributed by atoms with Gasteiger partial charge in [0, 0.05) is 5.57 Å². The highest BCUT2D eigenvalue weighted by Gasteiger charge is 2.55. The molecule has 0 aromatic carbocycles. The molecule has 122 valence electrons. The predicted molar refractivity (Wildman–Crippen MR) is 91.7 cm³/mol. The molecule has 0 spiro atoms. The van der Waals surface area contributed by atoms with Gasteiger partial charge in [0.25, 0.3) is 0 Å². The molecule has 1 N–H and O–H groups in total. The highest BCUT2D eigenvalue weighted by molar-refractivity contribution is 5.86. The molecule has 1 fully saturated rings. The molecule has 0 unspecified atom stereocenters. The fourth-order valence-corrected chi connectivity index (χ4v) is 3.75. The van der Waals surface area contributed by atoms with Gasteiger partial charge in [0.2, 0.25) is 0 Å². The molecule has 2 rings (SSSR count). The summed E-state index contributed by atoms with van der Waals surface area (Å²) in [6, 6.07) is 0. The van der Waals surface area contributed by atoms with Crippen molar-refractivity contribution in [3.63, 3.8) is 0 Å². The molecule has 0 radical (unpaired) electrons. The van der Waals surface area contributed by atoms with Crippen LogP contribution in [0.4, 0.5) is 0 Å². The number of aliphatic carboxylic acids is 1. The summed E-state index contributed by atoms with van der Waals surface area (Å²) < 4.78 is 0. The van der Waals surface area contributed by atoms with E-state index in [9.17, 15) is 9.90 Å². The molecule has 0 aliphatic heterocycles. The summed E-state index contributed by atoms with van der Waals surface area (Å²) >= 11 is 0. The van der Waals surface area contributed by atoms with Gasteiger partial charge in [-0.15, -0.1) is 0 Å². The van der Waals surface area contributed by atoms with Crippen molar-refractivity contribution in [2.75, 3.05) is 0 Å². The Hall–Kier alpha value is -1.31. The molecule has 0 amide bonds.